The van der Waals surface area contributed by atoms with Crippen LogP contribution in [0, 0.1) is 5.92 Å². The summed E-state index contributed by atoms with van der Waals surface area (Å²) in [4.78, 5) is 14.2. The van der Waals surface area contributed by atoms with E-state index < -0.39 is 10.0 Å². The molecule has 1 amide bonds. The number of hydrogen-bond donors (Lipinski definition) is 2. The van der Waals surface area contributed by atoms with Crippen molar-refractivity contribution in [3.63, 3.8) is 0 Å². The molecule has 5 rings (SSSR count). The number of likely N-dealkylation sites (tertiary alicyclic amines) is 1. The number of hydrogen-bond acceptors (Lipinski definition) is 5. The molecule has 1 unspecified atom stereocenters. The third kappa shape index (κ3) is 4.88. The Balaban J connectivity index is 1.11. The van der Waals surface area contributed by atoms with Gasteiger partial charge < -0.3 is 10.1 Å². The number of benzene rings is 3. The van der Waals surface area contributed by atoms with Crippen molar-refractivity contribution in [3.05, 3.63) is 66.2 Å². The number of nitrogens with zero attached hydrogens (tertiary/aromatic N) is 1. The topological polar surface area (TPSA) is 87.7 Å². The molecule has 0 radical (unpaired) electrons. The molecule has 2 heterocycles. The van der Waals surface area contributed by atoms with Gasteiger partial charge in [-0.25, -0.2) is 13.1 Å². The molecule has 7 nitrogen and oxygen atoms in total. The zero-order chi connectivity index (χ0) is 22.8. The number of rotatable bonds is 8. The van der Waals surface area contributed by atoms with Crippen LogP contribution >= 0.6 is 0 Å². The van der Waals surface area contributed by atoms with Crippen molar-refractivity contribution >= 4 is 32.4 Å². The van der Waals surface area contributed by atoms with Crippen LogP contribution < -0.4 is 14.8 Å². The van der Waals surface area contributed by atoms with Crippen molar-refractivity contribution in [3.8, 4) is 5.75 Å². The van der Waals surface area contributed by atoms with E-state index in [1.165, 1.54) is 0 Å². The third-order valence-electron chi connectivity index (χ3n) is 6.37. The predicted octanol–water partition coefficient (Wildman–Crippen LogP) is 3.01. The van der Waals surface area contributed by atoms with Crippen LogP contribution in [-0.2, 0) is 21.2 Å². The van der Waals surface area contributed by atoms with Gasteiger partial charge in [-0.1, -0.05) is 36.4 Å². The van der Waals surface area contributed by atoms with Gasteiger partial charge in [-0.3, -0.25) is 9.69 Å². The Morgan fingerprint density at radius 3 is 2.79 bits per heavy atom. The molecular formula is C25H27N3O4S. The van der Waals surface area contributed by atoms with Crippen molar-refractivity contribution in [1.82, 2.24) is 9.62 Å². The first kappa shape index (κ1) is 21.9. The smallest absolute Gasteiger partial charge is 0.240 e. The van der Waals surface area contributed by atoms with Gasteiger partial charge in [0.2, 0.25) is 15.9 Å². The Labute approximate surface area is 193 Å². The largest absolute Gasteiger partial charge is 0.492 e. The first-order valence-electron chi connectivity index (χ1n) is 11.2. The van der Waals surface area contributed by atoms with Crippen molar-refractivity contribution in [2.45, 2.75) is 17.7 Å². The number of sulfonamides is 1. The number of carbonyl (C=O) groups is 1. The summed E-state index contributed by atoms with van der Waals surface area (Å²) in [6.07, 6.45) is 1.30. The highest BCUT2D eigenvalue weighted by Crippen LogP contribution is 2.31. The van der Waals surface area contributed by atoms with E-state index in [4.69, 9.17) is 4.74 Å². The van der Waals surface area contributed by atoms with E-state index in [2.05, 4.69) is 14.9 Å². The molecular weight excluding hydrogens is 438 g/mol. The first-order chi connectivity index (χ1) is 16.0. The third-order valence-corrected chi connectivity index (χ3v) is 7.79. The zero-order valence-corrected chi connectivity index (χ0v) is 19.1. The van der Waals surface area contributed by atoms with Crippen molar-refractivity contribution in [2.24, 2.45) is 5.92 Å². The zero-order valence-electron chi connectivity index (χ0n) is 18.3. The minimum Gasteiger partial charge on any atom is -0.492 e. The standard InChI is InChI=1S/C25H27N3O4S/c29-25-15-22-23(27-25)6-3-7-24(22)32-13-12-28-11-10-18(17-28)16-26-33(30,31)21-9-8-19-4-1-2-5-20(19)14-21/h1-9,14,18,26H,10-13,15-17H2,(H,27,29). The van der Waals surface area contributed by atoms with Crippen LogP contribution in [0.2, 0.25) is 0 Å². The summed E-state index contributed by atoms with van der Waals surface area (Å²) in [7, 11) is -3.55. The molecule has 0 aromatic heterocycles. The van der Waals surface area contributed by atoms with E-state index in [0.717, 1.165) is 53.8 Å². The van der Waals surface area contributed by atoms with Crippen molar-refractivity contribution < 1.29 is 17.9 Å². The van der Waals surface area contributed by atoms with Gasteiger partial charge in [0, 0.05) is 30.9 Å². The van der Waals surface area contributed by atoms with E-state index in [1.807, 2.05) is 48.5 Å². The van der Waals surface area contributed by atoms with Gasteiger partial charge in [-0.15, -0.1) is 0 Å². The average Bonchev–Trinajstić information content (AvgIpc) is 3.43. The molecule has 2 aliphatic heterocycles. The lowest BCUT2D eigenvalue weighted by Crippen LogP contribution is -2.32. The van der Waals surface area contributed by atoms with Crippen LogP contribution in [0.25, 0.3) is 10.8 Å². The SMILES string of the molecule is O=C1Cc2c(cccc2OCCN2CCC(CNS(=O)(=O)c3ccc4ccccc4c3)C2)N1. The molecule has 1 atom stereocenters. The second-order valence-corrected chi connectivity index (χ2v) is 10.4. The number of carbonyl (C=O) groups excluding carboxylic acids is 1. The summed E-state index contributed by atoms with van der Waals surface area (Å²) in [5, 5.41) is 4.77. The summed E-state index contributed by atoms with van der Waals surface area (Å²) in [6, 6.07) is 18.6. The minimum absolute atomic E-state index is 0.00502. The van der Waals surface area contributed by atoms with Gasteiger partial charge in [-0.2, -0.15) is 0 Å². The fraction of sp³-hybridized carbons (Fsp3) is 0.320. The van der Waals surface area contributed by atoms with Gasteiger partial charge >= 0.3 is 0 Å². The summed E-state index contributed by atoms with van der Waals surface area (Å²) >= 11 is 0. The number of nitrogens with one attached hydrogen (secondary N) is 2. The molecule has 0 bridgehead atoms. The van der Waals surface area contributed by atoms with E-state index in [9.17, 15) is 13.2 Å². The van der Waals surface area contributed by atoms with Crippen LogP contribution in [0.4, 0.5) is 5.69 Å². The fourth-order valence-electron chi connectivity index (χ4n) is 4.57. The van der Waals surface area contributed by atoms with Crippen LogP contribution in [-0.4, -0.2) is 52.0 Å². The van der Waals surface area contributed by atoms with Gasteiger partial charge in [0.25, 0.3) is 0 Å². The lowest BCUT2D eigenvalue weighted by atomic mass is 10.1. The number of ether oxygens (including phenoxy) is 1. The Hall–Kier alpha value is -2.94. The van der Waals surface area contributed by atoms with Crippen LogP contribution in [0.15, 0.2) is 65.6 Å². The number of amides is 1. The highest BCUT2D eigenvalue weighted by Gasteiger charge is 2.25. The molecule has 2 N–H and O–H groups in total. The van der Waals surface area contributed by atoms with E-state index in [-0.39, 0.29) is 11.8 Å². The molecule has 172 valence electrons. The van der Waals surface area contributed by atoms with E-state index in [0.29, 0.717) is 24.5 Å². The predicted molar refractivity (Wildman–Crippen MR) is 128 cm³/mol. The van der Waals surface area contributed by atoms with Gasteiger partial charge in [-0.05, 0) is 53.9 Å². The summed E-state index contributed by atoms with van der Waals surface area (Å²) in [5.74, 6) is 1.02. The highest BCUT2D eigenvalue weighted by atomic mass is 32.2. The lowest BCUT2D eigenvalue weighted by molar-refractivity contribution is -0.115. The molecule has 2 aliphatic rings. The number of anilines is 1. The first-order valence-corrected chi connectivity index (χ1v) is 12.7. The van der Waals surface area contributed by atoms with Crippen molar-refractivity contribution in [2.75, 3.05) is 38.1 Å². The molecule has 1 saturated heterocycles. The Kier molecular flexibility index (Phi) is 6.05. The van der Waals surface area contributed by atoms with Crippen LogP contribution in [0.3, 0.4) is 0 Å². The molecule has 0 saturated carbocycles. The van der Waals surface area contributed by atoms with Crippen LogP contribution in [0.1, 0.15) is 12.0 Å². The second kappa shape index (κ2) is 9.13. The molecule has 8 heteroatoms. The Morgan fingerprint density at radius 2 is 1.91 bits per heavy atom. The molecule has 0 spiro atoms. The monoisotopic (exact) mass is 465 g/mol. The van der Waals surface area contributed by atoms with Crippen molar-refractivity contribution in [1.29, 1.82) is 0 Å². The molecule has 3 aromatic carbocycles. The van der Waals surface area contributed by atoms with E-state index in [1.54, 1.807) is 12.1 Å². The van der Waals surface area contributed by atoms with Gasteiger partial charge in [0.1, 0.15) is 12.4 Å². The molecule has 1 fully saturated rings. The van der Waals surface area contributed by atoms with E-state index >= 15 is 0 Å². The summed E-state index contributed by atoms with van der Waals surface area (Å²) < 4.78 is 34.3. The maximum absolute atomic E-state index is 12.8. The lowest BCUT2D eigenvalue weighted by Gasteiger charge is -2.17. The van der Waals surface area contributed by atoms with Crippen LogP contribution in [0.5, 0.6) is 5.75 Å². The number of fused-ring (bicyclic) bond motifs is 2. The normalized spacial score (nSPS) is 18.4. The second-order valence-electron chi connectivity index (χ2n) is 8.67. The summed E-state index contributed by atoms with van der Waals surface area (Å²) in [6.45, 7) is 3.46. The summed E-state index contributed by atoms with van der Waals surface area (Å²) in [5.41, 5.74) is 1.75. The molecule has 3 aromatic rings. The molecule has 33 heavy (non-hydrogen) atoms. The fourth-order valence-corrected chi connectivity index (χ4v) is 5.72. The maximum Gasteiger partial charge on any atom is 0.240 e. The Bertz CT molecular complexity index is 1290. The average molecular weight is 466 g/mol. The molecule has 0 aliphatic carbocycles. The minimum atomic E-state index is -3.55. The Morgan fingerprint density at radius 1 is 1.06 bits per heavy atom. The van der Waals surface area contributed by atoms with Gasteiger partial charge in [0.05, 0.1) is 11.3 Å². The highest BCUT2D eigenvalue weighted by molar-refractivity contribution is 7.89. The maximum atomic E-state index is 12.8. The quantitative estimate of drug-likeness (QED) is 0.534. The van der Waals surface area contributed by atoms with Gasteiger partial charge in [0.15, 0.2) is 0 Å².